The van der Waals surface area contributed by atoms with Gasteiger partial charge in [0.1, 0.15) is 5.75 Å². The van der Waals surface area contributed by atoms with Crippen LogP contribution < -0.4 is 15.4 Å². The number of nitrogens with zero attached hydrogens (tertiary/aromatic N) is 1. The fourth-order valence-electron chi connectivity index (χ4n) is 2.50. The highest BCUT2D eigenvalue weighted by Gasteiger charge is 2.26. The Morgan fingerprint density at radius 2 is 2.00 bits per heavy atom. The van der Waals surface area contributed by atoms with Gasteiger partial charge in [0.15, 0.2) is 0 Å². The second-order valence-electron chi connectivity index (χ2n) is 5.16. The lowest BCUT2D eigenvalue weighted by atomic mass is 9.96. The fraction of sp³-hybridized carbons (Fsp3) is 0.467. The summed E-state index contributed by atoms with van der Waals surface area (Å²) in [7, 11) is 3.17. The molecule has 3 amide bonds. The molecular weight excluding hydrogens is 306 g/mol. The monoisotopic (exact) mass is 325 g/mol. The molecule has 1 saturated heterocycles. The van der Waals surface area contributed by atoms with Gasteiger partial charge in [0.25, 0.3) is 0 Å². The fourth-order valence-corrected chi connectivity index (χ4v) is 2.75. The minimum absolute atomic E-state index is 0.00974. The highest BCUT2D eigenvalue weighted by Crippen LogP contribution is 2.27. The number of piperidine rings is 1. The number of anilines is 1. The molecule has 1 aromatic rings. The van der Waals surface area contributed by atoms with Crippen LogP contribution in [-0.2, 0) is 4.79 Å². The molecule has 6 nitrogen and oxygen atoms in total. The third-order valence-corrected chi connectivity index (χ3v) is 4.10. The number of carbonyl (C=O) groups excluding carboxylic acids is 2. The van der Waals surface area contributed by atoms with Gasteiger partial charge >= 0.3 is 6.03 Å². The third-order valence-electron chi connectivity index (χ3n) is 3.80. The Balaban J connectivity index is 1.91. The zero-order valence-electron chi connectivity index (χ0n) is 12.7. The van der Waals surface area contributed by atoms with E-state index >= 15 is 0 Å². The van der Waals surface area contributed by atoms with E-state index in [1.165, 1.54) is 7.11 Å². The molecule has 0 aromatic heterocycles. The largest absolute Gasteiger partial charge is 0.495 e. The van der Waals surface area contributed by atoms with E-state index in [0.29, 0.717) is 42.4 Å². The minimum Gasteiger partial charge on any atom is -0.495 e. The van der Waals surface area contributed by atoms with Crippen LogP contribution in [0, 0.1) is 5.92 Å². The van der Waals surface area contributed by atoms with Gasteiger partial charge in [-0.2, -0.15) is 0 Å². The van der Waals surface area contributed by atoms with Crippen LogP contribution in [0.4, 0.5) is 10.5 Å². The molecule has 0 atom stereocenters. The number of amides is 3. The quantitative estimate of drug-likeness (QED) is 0.896. The van der Waals surface area contributed by atoms with Gasteiger partial charge in [0.2, 0.25) is 5.91 Å². The molecule has 0 unspecified atom stereocenters. The van der Waals surface area contributed by atoms with Crippen LogP contribution in [0.2, 0.25) is 5.02 Å². The molecular formula is C15H20ClN3O3. The number of likely N-dealkylation sites (tertiary alicyclic amines) is 1. The van der Waals surface area contributed by atoms with Crippen molar-refractivity contribution >= 4 is 29.2 Å². The molecule has 0 saturated carbocycles. The average molecular weight is 326 g/mol. The van der Waals surface area contributed by atoms with E-state index in [4.69, 9.17) is 16.3 Å². The van der Waals surface area contributed by atoms with Crippen molar-refractivity contribution in [1.82, 2.24) is 10.2 Å². The third kappa shape index (κ3) is 3.82. The molecule has 1 aliphatic rings. The molecule has 1 heterocycles. The molecule has 7 heteroatoms. The number of halogens is 1. The summed E-state index contributed by atoms with van der Waals surface area (Å²) in [5, 5.41) is 5.90. The number of carbonyl (C=O) groups is 2. The van der Waals surface area contributed by atoms with Crippen LogP contribution in [0.25, 0.3) is 0 Å². The standard InChI is InChI=1S/C15H20ClN3O3/c1-17-14(20)10-5-7-19(8-6-10)15(21)18-11-3-4-13(22-2)12(16)9-11/h3-4,9-10H,5-8H2,1-2H3,(H,17,20)(H,18,21). The summed E-state index contributed by atoms with van der Waals surface area (Å²) >= 11 is 6.03. The van der Waals surface area contributed by atoms with Crippen molar-refractivity contribution in [3.8, 4) is 5.75 Å². The molecule has 1 fully saturated rings. The van der Waals surface area contributed by atoms with Gasteiger partial charge in [-0.05, 0) is 31.0 Å². The van der Waals surface area contributed by atoms with E-state index < -0.39 is 0 Å². The molecule has 120 valence electrons. The number of urea groups is 1. The van der Waals surface area contributed by atoms with Crippen LogP contribution in [-0.4, -0.2) is 44.1 Å². The van der Waals surface area contributed by atoms with Gasteiger partial charge in [0.05, 0.1) is 12.1 Å². The predicted molar refractivity (Wildman–Crippen MR) is 85.4 cm³/mol. The summed E-state index contributed by atoms with van der Waals surface area (Å²) in [5.41, 5.74) is 0.615. The summed E-state index contributed by atoms with van der Waals surface area (Å²) in [6, 6.07) is 4.90. The van der Waals surface area contributed by atoms with E-state index in [0.717, 1.165) is 0 Å². The van der Waals surface area contributed by atoms with Crippen molar-refractivity contribution in [3.05, 3.63) is 23.2 Å². The van der Waals surface area contributed by atoms with E-state index in [1.54, 1.807) is 30.1 Å². The maximum Gasteiger partial charge on any atom is 0.321 e. The number of rotatable bonds is 3. The number of nitrogens with one attached hydrogen (secondary N) is 2. The Bertz CT molecular complexity index is 557. The smallest absolute Gasteiger partial charge is 0.321 e. The summed E-state index contributed by atoms with van der Waals surface area (Å²) in [4.78, 5) is 25.5. The van der Waals surface area contributed by atoms with Crippen LogP contribution in [0.15, 0.2) is 18.2 Å². The summed E-state index contributed by atoms with van der Waals surface area (Å²) < 4.78 is 5.07. The first-order chi connectivity index (χ1) is 10.5. The SMILES string of the molecule is CNC(=O)C1CCN(C(=O)Nc2ccc(OC)c(Cl)c2)CC1. The first kappa shape index (κ1) is 16.4. The van der Waals surface area contributed by atoms with Gasteiger partial charge in [-0.15, -0.1) is 0 Å². The predicted octanol–water partition coefficient (Wildman–Crippen LogP) is 2.34. The van der Waals surface area contributed by atoms with E-state index in [9.17, 15) is 9.59 Å². The van der Waals surface area contributed by atoms with Crippen LogP contribution >= 0.6 is 11.6 Å². The highest BCUT2D eigenvalue weighted by molar-refractivity contribution is 6.32. The topological polar surface area (TPSA) is 70.7 Å². The summed E-state index contributed by atoms with van der Waals surface area (Å²) in [6.07, 6.45) is 1.35. The van der Waals surface area contributed by atoms with Gasteiger partial charge in [-0.1, -0.05) is 11.6 Å². The lowest BCUT2D eigenvalue weighted by Crippen LogP contribution is -2.44. The zero-order chi connectivity index (χ0) is 16.1. The molecule has 22 heavy (non-hydrogen) atoms. The van der Waals surface area contributed by atoms with E-state index in [-0.39, 0.29) is 17.9 Å². The van der Waals surface area contributed by atoms with Crippen molar-refractivity contribution in [2.24, 2.45) is 5.92 Å². The van der Waals surface area contributed by atoms with E-state index in [1.807, 2.05) is 0 Å². The van der Waals surface area contributed by atoms with Crippen LogP contribution in [0.1, 0.15) is 12.8 Å². The van der Waals surface area contributed by atoms with E-state index in [2.05, 4.69) is 10.6 Å². The van der Waals surface area contributed by atoms with Crippen molar-refractivity contribution in [1.29, 1.82) is 0 Å². The van der Waals surface area contributed by atoms with Crippen LogP contribution in [0.3, 0.4) is 0 Å². The second kappa shape index (κ2) is 7.35. The average Bonchev–Trinajstić information content (AvgIpc) is 2.54. The molecule has 0 spiro atoms. The molecule has 2 rings (SSSR count). The molecule has 1 aliphatic heterocycles. The Morgan fingerprint density at radius 3 is 2.55 bits per heavy atom. The van der Waals surface area contributed by atoms with Gasteiger partial charge in [0, 0.05) is 31.7 Å². The van der Waals surface area contributed by atoms with Crippen molar-refractivity contribution in [2.45, 2.75) is 12.8 Å². The molecule has 0 bridgehead atoms. The Labute approximate surface area is 134 Å². The first-order valence-electron chi connectivity index (χ1n) is 7.16. The normalized spacial score (nSPS) is 15.3. The Morgan fingerprint density at radius 1 is 1.32 bits per heavy atom. The molecule has 0 radical (unpaired) electrons. The Kier molecular flexibility index (Phi) is 5.49. The lowest BCUT2D eigenvalue weighted by molar-refractivity contribution is -0.125. The lowest BCUT2D eigenvalue weighted by Gasteiger charge is -2.31. The van der Waals surface area contributed by atoms with Gasteiger partial charge in [-0.3, -0.25) is 4.79 Å². The maximum atomic E-state index is 12.2. The maximum absolute atomic E-state index is 12.2. The summed E-state index contributed by atoms with van der Waals surface area (Å²) in [5.74, 6) is 0.595. The zero-order valence-corrected chi connectivity index (χ0v) is 13.4. The van der Waals surface area contributed by atoms with Gasteiger partial charge in [-0.25, -0.2) is 4.79 Å². The minimum atomic E-state index is -0.184. The molecule has 0 aliphatic carbocycles. The Hall–Kier alpha value is -1.95. The number of hydrogen-bond acceptors (Lipinski definition) is 3. The molecule has 1 aromatic carbocycles. The summed E-state index contributed by atoms with van der Waals surface area (Å²) in [6.45, 7) is 1.13. The highest BCUT2D eigenvalue weighted by atomic mass is 35.5. The van der Waals surface area contributed by atoms with Crippen LogP contribution in [0.5, 0.6) is 5.75 Å². The number of methoxy groups -OCH3 is 1. The number of hydrogen-bond donors (Lipinski definition) is 2. The second-order valence-corrected chi connectivity index (χ2v) is 5.56. The van der Waals surface area contributed by atoms with Crippen molar-refractivity contribution in [2.75, 3.05) is 32.6 Å². The number of ether oxygens (including phenoxy) is 1. The van der Waals surface area contributed by atoms with Crippen molar-refractivity contribution < 1.29 is 14.3 Å². The number of benzene rings is 1. The van der Waals surface area contributed by atoms with Gasteiger partial charge < -0.3 is 20.3 Å². The first-order valence-corrected chi connectivity index (χ1v) is 7.54. The van der Waals surface area contributed by atoms with Crippen molar-refractivity contribution in [3.63, 3.8) is 0 Å². The molecule has 2 N–H and O–H groups in total.